The van der Waals surface area contributed by atoms with Crippen molar-refractivity contribution < 1.29 is 4.79 Å². The first kappa shape index (κ1) is 11.4. The van der Waals surface area contributed by atoms with Crippen molar-refractivity contribution in [2.24, 2.45) is 16.7 Å². The van der Waals surface area contributed by atoms with E-state index in [1.807, 2.05) is 0 Å². The number of hydrogen-bond donors (Lipinski definition) is 2. The van der Waals surface area contributed by atoms with Crippen molar-refractivity contribution in [3.05, 3.63) is 0 Å². The summed E-state index contributed by atoms with van der Waals surface area (Å²) in [5, 5.41) is 3.05. The summed E-state index contributed by atoms with van der Waals surface area (Å²) in [6.07, 6.45) is 2.13. The van der Waals surface area contributed by atoms with Crippen LogP contribution in [0.3, 0.4) is 0 Å². The Kier molecular flexibility index (Phi) is 2.43. The van der Waals surface area contributed by atoms with E-state index in [0.29, 0.717) is 16.0 Å². The molecule has 0 spiro atoms. The average Bonchev–Trinajstić information content (AvgIpc) is 2.40. The van der Waals surface area contributed by atoms with Crippen LogP contribution >= 0.6 is 24.8 Å². The minimum atomic E-state index is -0.173. The van der Waals surface area contributed by atoms with Crippen molar-refractivity contribution in [3.63, 3.8) is 0 Å². The maximum absolute atomic E-state index is 12.3. The van der Waals surface area contributed by atoms with Crippen molar-refractivity contribution in [3.8, 4) is 0 Å². The number of carbonyl (C=O) groups is 1. The van der Waals surface area contributed by atoms with Crippen LogP contribution < -0.4 is 5.32 Å². The monoisotopic (exact) mass is 243 g/mol. The number of thiol groups is 1. The van der Waals surface area contributed by atoms with Crippen molar-refractivity contribution >= 4 is 35.0 Å². The SMILES string of the molecule is CC1(C)[C@@H]2CC[C@@]1(C)C(=O)[C@@H]2NC(=S)S. The maximum Gasteiger partial charge on any atom is 0.161 e. The Labute approximate surface area is 102 Å². The molecule has 0 radical (unpaired) electrons. The van der Waals surface area contributed by atoms with E-state index in [2.05, 4.69) is 38.7 Å². The van der Waals surface area contributed by atoms with Crippen LogP contribution in [0.1, 0.15) is 33.6 Å². The number of fused-ring (bicyclic) bond motifs is 2. The van der Waals surface area contributed by atoms with Gasteiger partial charge in [0.25, 0.3) is 0 Å². The molecule has 2 aliphatic rings. The van der Waals surface area contributed by atoms with Gasteiger partial charge in [0.2, 0.25) is 0 Å². The molecule has 0 aliphatic heterocycles. The van der Waals surface area contributed by atoms with Gasteiger partial charge in [0.1, 0.15) is 4.32 Å². The first-order valence-electron chi connectivity index (χ1n) is 5.34. The fourth-order valence-corrected chi connectivity index (χ4v) is 3.65. The topological polar surface area (TPSA) is 29.1 Å². The molecule has 2 bridgehead atoms. The number of thiocarbonyl (C=S) groups is 1. The summed E-state index contributed by atoms with van der Waals surface area (Å²) in [6.45, 7) is 6.50. The predicted molar refractivity (Wildman–Crippen MR) is 68.1 cm³/mol. The third kappa shape index (κ3) is 1.30. The minimum Gasteiger partial charge on any atom is -0.361 e. The van der Waals surface area contributed by atoms with Crippen LogP contribution in [0.25, 0.3) is 0 Å². The molecule has 15 heavy (non-hydrogen) atoms. The summed E-state index contributed by atoms with van der Waals surface area (Å²) in [5.74, 6) is 0.722. The highest BCUT2D eigenvalue weighted by molar-refractivity contribution is 8.11. The highest BCUT2D eigenvalue weighted by Crippen LogP contribution is 2.63. The zero-order valence-corrected chi connectivity index (χ0v) is 11.0. The lowest BCUT2D eigenvalue weighted by Gasteiger charge is -2.32. The van der Waals surface area contributed by atoms with Crippen LogP contribution in [-0.4, -0.2) is 16.1 Å². The Morgan fingerprint density at radius 3 is 2.53 bits per heavy atom. The van der Waals surface area contributed by atoms with Crippen LogP contribution in [-0.2, 0) is 4.79 Å². The van der Waals surface area contributed by atoms with Crippen LogP contribution in [0.2, 0.25) is 0 Å². The number of Topliss-reactive ketones (excluding diaryl/α,β-unsaturated/α-hetero) is 1. The zero-order chi connectivity index (χ0) is 11.4. The summed E-state index contributed by atoms with van der Waals surface area (Å²) in [7, 11) is 0. The Morgan fingerprint density at radius 2 is 2.13 bits per heavy atom. The molecule has 0 aromatic rings. The largest absolute Gasteiger partial charge is 0.361 e. The number of carbonyl (C=O) groups excluding carboxylic acids is 1. The molecule has 0 saturated heterocycles. The van der Waals surface area contributed by atoms with E-state index in [1.54, 1.807) is 0 Å². The Hall–Kier alpha value is -0.0900. The van der Waals surface area contributed by atoms with Gasteiger partial charge < -0.3 is 5.32 Å². The molecular formula is C11H17NOS2. The first-order valence-corrected chi connectivity index (χ1v) is 6.20. The second-order valence-electron chi connectivity index (χ2n) is 5.49. The molecule has 0 aromatic heterocycles. The van der Waals surface area contributed by atoms with Crippen molar-refractivity contribution in [1.82, 2.24) is 5.32 Å². The molecule has 0 aromatic carbocycles. The minimum absolute atomic E-state index is 0.0836. The van der Waals surface area contributed by atoms with Gasteiger partial charge in [0.15, 0.2) is 5.78 Å². The molecule has 0 heterocycles. The van der Waals surface area contributed by atoms with Gasteiger partial charge in [-0.05, 0) is 24.2 Å². The fourth-order valence-electron chi connectivity index (χ4n) is 3.39. The van der Waals surface area contributed by atoms with E-state index >= 15 is 0 Å². The fraction of sp³-hybridized carbons (Fsp3) is 0.818. The van der Waals surface area contributed by atoms with E-state index in [4.69, 9.17) is 12.2 Å². The molecule has 2 saturated carbocycles. The van der Waals surface area contributed by atoms with Gasteiger partial charge in [-0.25, -0.2) is 0 Å². The van der Waals surface area contributed by atoms with Crippen molar-refractivity contribution in [1.29, 1.82) is 0 Å². The van der Waals surface area contributed by atoms with Crippen molar-refractivity contribution in [2.45, 2.75) is 39.7 Å². The van der Waals surface area contributed by atoms with Crippen LogP contribution in [0.15, 0.2) is 0 Å². The van der Waals surface area contributed by atoms with E-state index in [-0.39, 0.29) is 16.9 Å². The smallest absolute Gasteiger partial charge is 0.161 e. The number of rotatable bonds is 1. The van der Waals surface area contributed by atoms with Gasteiger partial charge >= 0.3 is 0 Å². The summed E-state index contributed by atoms with van der Waals surface area (Å²) in [4.78, 5) is 12.3. The van der Waals surface area contributed by atoms with Gasteiger partial charge in [-0.3, -0.25) is 4.79 Å². The second kappa shape index (κ2) is 3.20. The Bertz CT molecular complexity index is 339. The normalized spacial score (nSPS) is 42.0. The summed E-state index contributed by atoms with van der Waals surface area (Å²) >= 11 is 8.97. The number of nitrogens with one attached hydrogen (secondary N) is 1. The van der Waals surface area contributed by atoms with Gasteiger partial charge in [0.05, 0.1) is 6.04 Å². The lowest BCUT2D eigenvalue weighted by molar-refractivity contribution is -0.129. The average molecular weight is 243 g/mol. The predicted octanol–water partition coefficient (Wildman–Crippen LogP) is 2.18. The van der Waals surface area contributed by atoms with Crippen LogP contribution in [0.4, 0.5) is 0 Å². The molecule has 1 N–H and O–H groups in total. The standard InChI is InChI=1S/C11H17NOS2/c1-10(2)6-4-5-11(10,3)8(13)7(6)12-9(14)15/h6-7H,4-5H2,1-3H3,(H2,12,14,15)/t6-,7-,11+/m1/s1. The van der Waals surface area contributed by atoms with Gasteiger partial charge in [0, 0.05) is 5.41 Å². The molecule has 84 valence electrons. The second-order valence-corrected chi connectivity index (χ2v) is 6.65. The van der Waals surface area contributed by atoms with Crippen LogP contribution in [0, 0.1) is 16.7 Å². The highest BCUT2D eigenvalue weighted by atomic mass is 32.1. The summed E-state index contributed by atoms with van der Waals surface area (Å²) in [5.41, 5.74) is -0.0891. The molecule has 2 fully saturated rings. The molecule has 0 unspecified atom stereocenters. The summed E-state index contributed by atoms with van der Waals surface area (Å²) < 4.78 is 0.431. The molecule has 2 rings (SSSR count). The van der Waals surface area contributed by atoms with E-state index < -0.39 is 0 Å². The molecule has 0 amide bonds. The van der Waals surface area contributed by atoms with E-state index in [9.17, 15) is 4.79 Å². The van der Waals surface area contributed by atoms with Crippen LogP contribution in [0.5, 0.6) is 0 Å². The number of hydrogen-bond acceptors (Lipinski definition) is 2. The third-order valence-corrected chi connectivity index (χ3v) is 5.06. The van der Waals surface area contributed by atoms with Gasteiger partial charge in [-0.1, -0.05) is 33.0 Å². The number of ketones is 1. The lowest BCUT2D eigenvalue weighted by Crippen LogP contribution is -2.44. The zero-order valence-electron chi connectivity index (χ0n) is 9.33. The van der Waals surface area contributed by atoms with E-state index in [1.165, 1.54) is 0 Å². The molecule has 3 atom stereocenters. The van der Waals surface area contributed by atoms with Gasteiger partial charge in [-0.2, -0.15) is 0 Å². The first-order chi connectivity index (χ1) is 6.80. The van der Waals surface area contributed by atoms with Gasteiger partial charge in [-0.15, -0.1) is 12.6 Å². The maximum atomic E-state index is 12.3. The molecule has 4 heteroatoms. The van der Waals surface area contributed by atoms with Crippen molar-refractivity contribution in [2.75, 3.05) is 0 Å². The summed E-state index contributed by atoms with van der Waals surface area (Å²) in [6, 6.07) is -0.108. The third-order valence-electron chi connectivity index (χ3n) is 4.81. The van der Waals surface area contributed by atoms with E-state index in [0.717, 1.165) is 12.8 Å². The Balaban J connectivity index is 2.34. The quantitative estimate of drug-likeness (QED) is 0.546. The lowest BCUT2D eigenvalue weighted by atomic mass is 9.70. The highest BCUT2D eigenvalue weighted by Gasteiger charge is 2.66. The molecular weight excluding hydrogens is 226 g/mol. The molecule has 2 nitrogen and oxygen atoms in total. The molecule has 2 aliphatic carbocycles. The Morgan fingerprint density at radius 1 is 1.53 bits per heavy atom.